The molecule has 0 radical (unpaired) electrons. The molecule has 3 rings (SSSR count). The number of unbranched alkanes of at least 4 members (excludes halogenated alkanes) is 1. The summed E-state index contributed by atoms with van der Waals surface area (Å²) in [6, 6.07) is 7.67. The van der Waals surface area contributed by atoms with Gasteiger partial charge in [0.1, 0.15) is 5.75 Å². The van der Waals surface area contributed by atoms with E-state index in [-0.39, 0.29) is 0 Å². The van der Waals surface area contributed by atoms with Crippen molar-refractivity contribution in [1.82, 2.24) is 20.3 Å². The van der Waals surface area contributed by atoms with E-state index in [4.69, 9.17) is 9.26 Å². The Bertz CT molecular complexity index is 821. The minimum Gasteiger partial charge on any atom is -0.493 e. The van der Waals surface area contributed by atoms with Crippen LogP contribution in [0, 0.1) is 0 Å². The van der Waals surface area contributed by atoms with Crippen molar-refractivity contribution in [3.63, 3.8) is 0 Å². The van der Waals surface area contributed by atoms with Crippen molar-refractivity contribution in [2.45, 2.75) is 36.8 Å². The average Bonchev–Trinajstić information content (AvgIpc) is 3.30. The van der Waals surface area contributed by atoms with Crippen molar-refractivity contribution < 1.29 is 9.26 Å². The number of hydrogen-bond donors (Lipinski definition) is 1. The van der Waals surface area contributed by atoms with E-state index >= 15 is 0 Å². The van der Waals surface area contributed by atoms with Crippen LogP contribution in [0.2, 0.25) is 0 Å². The van der Waals surface area contributed by atoms with Gasteiger partial charge in [-0.15, -0.1) is 10.2 Å². The lowest BCUT2D eigenvalue weighted by Crippen LogP contribution is -1.99. The average molecular weight is 392 g/mol. The zero-order valence-electron chi connectivity index (χ0n) is 14.8. The van der Waals surface area contributed by atoms with E-state index < -0.39 is 0 Å². The van der Waals surface area contributed by atoms with Crippen molar-refractivity contribution in [1.29, 1.82) is 0 Å². The van der Waals surface area contributed by atoms with Gasteiger partial charge < -0.3 is 14.6 Å². The molecule has 0 aliphatic heterocycles. The predicted molar refractivity (Wildman–Crippen MR) is 104 cm³/mol. The first-order chi connectivity index (χ1) is 12.8. The molecular formula is C17H21N5O2S2. The van der Waals surface area contributed by atoms with Crippen molar-refractivity contribution in [3.8, 4) is 17.1 Å². The monoisotopic (exact) mass is 391 g/mol. The largest absolute Gasteiger partial charge is 0.493 e. The van der Waals surface area contributed by atoms with Gasteiger partial charge in [-0.3, -0.25) is 0 Å². The number of benzene rings is 1. The first kappa shape index (κ1) is 18.7. The Morgan fingerprint density at radius 2 is 2.12 bits per heavy atom. The maximum Gasteiger partial charge on any atom is 0.237 e. The highest BCUT2D eigenvalue weighted by atomic mass is 32.2. The highest BCUT2D eigenvalue weighted by Crippen LogP contribution is 2.30. The van der Waals surface area contributed by atoms with Crippen LogP contribution < -0.4 is 10.1 Å². The van der Waals surface area contributed by atoms with Crippen molar-refractivity contribution in [2.75, 3.05) is 18.5 Å². The van der Waals surface area contributed by atoms with E-state index in [0.717, 1.165) is 40.2 Å². The van der Waals surface area contributed by atoms with Gasteiger partial charge in [-0.1, -0.05) is 53.7 Å². The van der Waals surface area contributed by atoms with E-state index in [2.05, 4.69) is 32.6 Å². The van der Waals surface area contributed by atoms with Crippen LogP contribution in [-0.4, -0.2) is 33.5 Å². The van der Waals surface area contributed by atoms with Crippen LogP contribution in [0.25, 0.3) is 11.4 Å². The van der Waals surface area contributed by atoms with Crippen molar-refractivity contribution in [2.24, 2.45) is 0 Å². The second-order valence-corrected chi connectivity index (χ2v) is 7.58. The molecule has 138 valence electrons. The zero-order chi connectivity index (χ0) is 18.2. The van der Waals surface area contributed by atoms with Gasteiger partial charge in [0, 0.05) is 6.54 Å². The summed E-state index contributed by atoms with van der Waals surface area (Å²) in [4.78, 5) is 4.47. The van der Waals surface area contributed by atoms with Crippen LogP contribution in [-0.2, 0) is 5.75 Å². The van der Waals surface area contributed by atoms with Gasteiger partial charge in [-0.2, -0.15) is 4.98 Å². The molecule has 26 heavy (non-hydrogen) atoms. The maximum atomic E-state index is 5.62. The third-order valence-electron chi connectivity index (χ3n) is 3.43. The Labute approximate surface area is 160 Å². The molecule has 1 aromatic carbocycles. The van der Waals surface area contributed by atoms with E-state index in [1.807, 2.05) is 31.2 Å². The van der Waals surface area contributed by atoms with Crippen LogP contribution >= 0.6 is 23.1 Å². The molecule has 3 aromatic rings. The Balaban J connectivity index is 1.59. The molecule has 1 N–H and O–H groups in total. The van der Waals surface area contributed by atoms with Crippen LogP contribution in [0.15, 0.2) is 33.1 Å². The first-order valence-corrected chi connectivity index (χ1v) is 10.3. The second kappa shape index (κ2) is 9.54. The zero-order valence-corrected chi connectivity index (χ0v) is 16.4. The molecule has 0 amide bonds. The fraction of sp³-hybridized carbons (Fsp3) is 0.412. The molecule has 0 fully saturated rings. The SMILES string of the molecule is CCCCNc1nnc(SCc2nc(-c3ccccc3OCC)no2)s1. The van der Waals surface area contributed by atoms with Crippen LogP contribution in [0.4, 0.5) is 5.13 Å². The van der Waals surface area contributed by atoms with Gasteiger partial charge in [-0.05, 0) is 25.5 Å². The van der Waals surface area contributed by atoms with E-state index in [1.165, 1.54) is 23.1 Å². The van der Waals surface area contributed by atoms with Gasteiger partial charge in [0.25, 0.3) is 0 Å². The summed E-state index contributed by atoms with van der Waals surface area (Å²) in [5.41, 5.74) is 0.827. The van der Waals surface area contributed by atoms with Crippen LogP contribution in [0.1, 0.15) is 32.6 Å². The maximum absolute atomic E-state index is 5.62. The third-order valence-corrected chi connectivity index (χ3v) is 5.43. The molecule has 7 nitrogen and oxygen atoms in total. The first-order valence-electron chi connectivity index (χ1n) is 8.55. The summed E-state index contributed by atoms with van der Waals surface area (Å²) in [7, 11) is 0. The fourth-order valence-electron chi connectivity index (χ4n) is 2.19. The van der Waals surface area contributed by atoms with E-state index in [9.17, 15) is 0 Å². The Kier molecular flexibility index (Phi) is 6.84. The standard InChI is InChI=1S/C17H21N5O2S2/c1-3-5-10-18-16-20-21-17(26-16)25-11-14-19-15(22-24-14)12-8-6-7-9-13(12)23-4-2/h6-9H,3-5,10-11H2,1-2H3,(H,18,20). The van der Waals surface area contributed by atoms with Gasteiger partial charge in [-0.25, -0.2) is 0 Å². The number of nitrogens with zero attached hydrogens (tertiary/aromatic N) is 4. The van der Waals surface area contributed by atoms with Crippen LogP contribution in [0.3, 0.4) is 0 Å². The van der Waals surface area contributed by atoms with Gasteiger partial charge in [0.2, 0.25) is 16.8 Å². The van der Waals surface area contributed by atoms with Crippen molar-refractivity contribution >= 4 is 28.2 Å². The lowest BCUT2D eigenvalue weighted by Gasteiger charge is -2.05. The van der Waals surface area contributed by atoms with Gasteiger partial charge >= 0.3 is 0 Å². The summed E-state index contributed by atoms with van der Waals surface area (Å²) in [6.45, 7) is 5.61. The Morgan fingerprint density at radius 3 is 2.96 bits per heavy atom. The Morgan fingerprint density at radius 1 is 1.23 bits per heavy atom. The molecule has 2 aromatic heterocycles. The number of para-hydroxylation sites is 1. The Hall–Kier alpha value is -2.13. The van der Waals surface area contributed by atoms with Gasteiger partial charge in [0.15, 0.2) is 4.34 Å². The number of hydrogen-bond acceptors (Lipinski definition) is 9. The molecule has 0 bridgehead atoms. The summed E-state index contributed by atoms with van der Waals surface area (Å²) in [6.07, 6.45) is 2.27. The predicted octanol–water partition coefficient (Wildman–Crippen LogP) is 4.49. The van der Waals surface area contributed by atoms with Crippen molar-refractivity contribution in [3.05, 3.63) is 30.2 Å². The minimum absolute atomic E-state index is 0.531. The highest BCUT2D eigenvalue weighted by molar-refractivity contribution is 8.00. The number of thioether (sulfide) groups is 1. The lowest BCUT2D eigenvalue weighted by molar-refractivity contribution is 0.341. The van der Waals surface area contributed by atoms with Crippen LogP contribution in [0.5, 0.6) is 5.75 Å². The quantitative estimate of drug-likeness (QED) is 0.400. The molecular weight excluding hydrogens is 370 g/mol. The van der Waals surface area contributed by atoms with E-state index in [0.29, 0.717) is 24.1 Å². The molecule has 0 spiro atoms. The summed E-state index contributed by atoms with van der Waals surface area (Å²) >= 11 is 3.07. The van der Waals surface area contributed by atoms with E-state index in [1.54, 1.807) is 0 Å². The smallest absolute Gasteiger partial charge is 0.237 e. The topological polar surface area (TPSA) is 86.0 Å². The molecule has 2 heterocycles. The number of aromatic nitrogens is 4. The highest BCUT2D eigenvalue weighted by Gasteiger charge is 2.14. The second-order valence-electron chi connectivity index (χ2n) is 5.38. The normalized spacial score (nSPS) is 10.8. The molecule has 9 heteroatoms. The summed E-state index contributed by atoms with van der Waals surface area (Å²) in [5, 5.41) is 16.5. The third kappa shape index (κ3) is 4.95. The number of rotatable bonds is 10. The fourth-order valence-corrected chi connectivity index (χ4v) is 3.81. The molecule has 0 aliphatic rings. The number of nitrogens with one attached hydrogen (secondary N) is 1. The molecule has 0 unspecified atom stereocenters. The molecule has 0 atom stereocenters. The molecule has 0 saturated carbocycles. The summed E-state index contributed by atoms with van der Waals surface area (Å²) < 4.78 is 11.9. The number of ether oxygens (including phenoxy) is 1. The lowest BCUT2D eigenvalue weighted by atomic mass is 10.2. The molecule has 0 aliphatic carbocycles. The minimum atomic E-state index is 0.531. The van der Waals surface area contributed by atoms with Gasteiger partial charge in [0.05, 0.1) is 17.9 Å². The summed E-state index contributed by atoms with van der Waals surface area (Å²) in [5.74, 6) is 2.38. The number of anilines is 1. The molecule has 0 saturated heterocycles.